The molecule has 0 heterocycles. The van der Waals surface area contributed by atoms with Gasteiger partial charge in [0.1, 0.15) is 0 Å². The van der Waals surface area contributed by atoms with Crippen LogP contribution in [0.4, 0.5) is 0 Å². The van der Waals surface area contributed by atoms with Gasteiger partial charge in [-0.25, -0.2) is 0 Å². The molecule has 5 rings (SSSR count). The standard InChI is InChI=1S/C26H24BO2/c1-25(2,28)26(3,4)29-27-22-15-14-20-18-11-6-9-16-8-5-10-17(23(16)18)19-12-7-13-21(22)24(19)20/h5-15,28H,1-4H3. The number of aliphatic hydroxyl groups is 1. The molecule has 0 atom stereocenters. The first kappa shape index (κ1) is 18.4. The van der Waals surface area contributed by atoms with E-state index in [2.05, 4.69) is 66.7 Å². The van der Waals surface area contributed by atoms with E-state index in [4.69, 9.17) is 4.65 Å². The fourth-order valence-electron chi connectivity index (χ4n) is 4.13. The monoisotopic (exact) mass is 379 g/mol. The molecule has 29 heavy (non-hydrogen) atoms. The van der Waals surface area contributed by atoms with Crippen LogP contribution in [0, 0.1) is 0 Å². The van der Waals surface area contributed by atoms with E-state index < -0.39 is 11.2 Å². The zero-order chi connectivity index (χ0) is 20.4. The van der Waals surface area contributed by atoms with Gasteiger partial charge in [-0.3, -0.25) is 0 Å². The van der Waals surface area contributed by atoms with Crippen LogP contribution in [0.15, 0.2) is 66.7 Å². The number of fused-ring (bicyclic) bond motifs is 2. The van der Waals surface area contributed by atoms with Crippen LogP contribution in [0.2, 0.25) is 0 Å². The van der Waals surface area contributed by atoms with Crippen LogP contribution in [-0.4, -0.2) is 23.8 Å². The molecule has 1 N–H and O–H groups in total. The van der Waals surface area contributed by atoms with Crippen molar-refractivity contribution in [2.75, 3.05) is 0 Å². The molecule has 0 amide bonds. The third-order valence-electron chi connectivity index (χ3n) is 6.51. The van der Waals surface area contributed by atoms with Gasteiger partial charge < -0.3 is 9.76 Å². The van der Waals surface area contributed by atoms with E-state index in [1.165, 1.54) is 37.7 Å². The van der Waals surface area contributed by atoms with Gasteiger partial charge in [0.15, 0.2) is 0 Å². The molecule has 0 spiro atoms. The first-order chi connectivity index (χ1) is 13.8. The van der Waals surface area contributed by atoms with Gasteiger partial charge in [0.05, 0.1) is 11.2 Å². The summed E-state index contributed by atoms with van der Waals surface area (Å²) >= 11 is 0. The summed E-state index contributed by atoms with van der Waals surface area (Å²) in [6.45, 7) is 7.36. The minimum atomic E-state index is -0.954. The molecule has 0 unspecified atom stereocenters. The van der Waals surface area contributed by atoms with Crippen LogP contribution in [0.5, 0.6) is 0 Å². The Kier molecular flexibility index (Phi) is 3.93. The second-order valence-electron chi connectivity index (χ2n) is 8.94. The molecule has 0 fully saturated rings. The Balaban J connectivity index is 1.77. The summed E-state index contributed by atoms with van der Waals surface area (Å²) < 4.78 is 6.07. The first-order valence-electron chi connectivity index (χ1n) is 10.1. The summed E-state index contributed by atoms with van der Waals surface area (Å²) in [4.78, 5) is 0. The molecule has 3 heteroatoms. The van der Waals surface area contributed by atoms with Gasteiger partial charge in [-0.15, -0.1) is 0 Å². The van der Waals surface area contributed by atoms with E-state index in [0.717, 1.165) is 10.8 Å². The Morgan fingerprint density at radius 2 is 1.17 bits per heavy atom. The van der Waals surface area contributed by atoms with E-state index in [1.54, 1.807) is 21.3 Å². The van der Waals surface area contributed by atoms with Gasteiger partial charge >= 0.3 is 7.48 Å². The van der Waals surface area contributed by atoms with E-state index >= 15 is 0 Å². The van der Waals surface area contributed by atoms with Crippen molar-refractivity contribution >= 4 is 56.0 Å². The van der Waals surface area contributed by atoms with Gasteiger partial charge in [0, 0.05) is 0 Å². The van der Waals surface area contributed by atoms with Crippen molar-refractivity contribution in [3.05, 3.63) is 66.7 Å². The van der Waals surface area contributed by atoms with E-state index in [0.29, 0.717) is 0 Å². The van der Waals surface area contributed by atoms with Gasteiger partial charge in [-0.05, 0) is 76.2 Å². The van der Waals surface area contributed by atoms with Crippen LogP contribution in [-0.2, 0) is 4.65 Å². The highest BCUT2D eigenvalue weighted by Gasteiger charge is 2.35. The number of hydrogen-bond acceptors (Lipinski definition) is 2. The third kappa shape index (κ3) is 2.72. The van der Waals surface area contributed by atoms with Gasteiger partial charge in [-0.1, -0.05) is 66.7 Å². The minimum Gasteiger partial charge on any atom is -0.427 e. The molecule has 5 aromatic carbocycles. The van der Waals surface area contributed by atoms with Crippen LogP contribution < -0.4 is 5.46 Å². The maximum absolute atomic E-state index is 10.4. The van der Waals surface area contributed by atoms with Gasteiger partial charge in [-0.2, -0.15) is 0 Å². The quantitative estimate of drug-likeness (QED) is 0.252. The van der Waals surface area contributed by atoms with E-state index in [1.807, 2.05) is 13.8 Å². The minimum absolute atomic E-state index is 0.704. The van der Waals surface area contributed by atoms with Crippen LogP contribution in [0.25, 0.3) is 43.1 Å². The summed E-state index contributed by atoms with van der Waals surface area (Å²) in [7, 11) is 1.79. The molecular formula is C26H24BO2. The van der Waals surface area contributed by atoms with Crippen molar-refractivity contribution in [1.29, 1.82) is 0 Å². The predicted octanol–water partition coefficient (Wildman–Crippen LogP) is 5.55. The van der Waals surface area contributed by atoms with Crippen molar-refractivity contribution in [2.24, 2.45) is 0 Å². The Morgan fingerprint density at radius 1 is 0.655 bits per heavy atom. The van der Waals surface area contributed by atoms with Crippen molar-refractivity contribution < 1.29 is 9.76 Å². The SMILES string of the molecule is CC(C)(O)C(C)(C)O[B]c1ccc2c3cccc4cccc(c5cccc1c52)c43. The molecule has 143 valence electrons. The van der Waals surface area contributed by atoms with E-state index in [-0.39, 0.29) is 0 Å². The molecule has 0 aromatic heterocycles. The summed E-state index contributed by atoms with van der Waals surface area (Å²) in [5.74, 6) is 0. The summed E-state index contributed by atoms with van der Waals surface area (Å²) in [6.07, 6.45) is 0. The molecular weight excluding hydrogens is 355 g/mol. The summed E-state index contributed by atoms with van der Waals surface area (Å²) in [6, 6.07) is 23.9. The second-order valence-corrected chi connectivity index (χ2v) is 8.94. The van der Waals surface area contributed by atoms with Crippen LogP contribution in [0.3, 0.4) is 0 Å². The zero-order valence-corrected chi connectivity index (χ0v) is 17.3. The molecule has 0 saturated carbocycles. The topological polar surface area (TPSA) is 29.5 Å². The predicted molar refractivity (Wildman–Crippen MR) is 125 cm³/mol. The molecule has 0 aliphatic heterocycles. The Labute approximate surface area is 171 Å². The summed E-state index contributed by atoms with van der Waals surface area (Å²) in [5.41, 5.74) is -0.635. The fourth-order valence-corrected chi connectivity index (χ4v) is 4.13. The van der Waals surface area contributed by atoms with Crippen molar-refractivity contribution in [3.63, 3.8) is 0 Å². The molecule has 1 radical (unpaired) electrons. The first-order valence-corrected chi connectivity index (χ1v) is 10.1. The lowest BCUT2D eigenvalue weighted by Crippen LogP contribution is -2.49. The fraction of sp³-hybridized carbons (Fsp3) is 0.231. The normalized spacial score (nSPS) is 13.1. The summed E-state index contributed by atoms with van der Waals surface area (Å²) in [5, 5.41) is 20.5. The number of benzene rings is 5. The van der Waals surface area contributed by atoms with Gasteiger partial charge in [0.25, 0.3) is 0 Å². The number of hydrogen-bond donors (Lipinski definition) is 1. The van der Waals surface area contributed by atoms with E-state index in [9.17, 15) is 5.11 Å². The lowest BCUT2D eigenvalue weighted by molar-refractivity contribution is -0.0893. The highest BCUT2D eigenvalue weighted by atomic mass is 16.5. The highest BCUT2D eigenvalue weighted by molar-refractivity contribution is 6.53. The van der Waals surface area contributed by atoms with Crippen LogP contribution in [0.1, 0.15) is 27.7 Å². The molecule has 0 saturated heterocycles. The average molecular weight is 379 g/mol. The molecule has 0 aliphatic rings. The molecule has 0 aliphatic carbocycles. The Morgan fingerprint density at radius 3 is 1.79 bits per heavy atom. The number of rotatable bonds is 4. The van der Waals surface area contributed by atoms with Crippen molar-refractivity contribution in [2.45, 2.75) is 38.9 Å². The van der Waals surface area contributed by atoms with Crippen molar-refractivity contribution in [3.8, 4) is 0 Å². The maximum atomic E-state index is 10.4. The molecule has 0 bridgehead atoms. The Hall–Kier alpha value is -2.62. The van der Waals surface area contributed by atoms with Crippen LogP contribution >= 0.6 is 0 Å². The lowest BCUT2D eigenvalue weighted by atomic mass is 9.78. The molecule has 5 aromatic rings. The lowest BCUT2D eigenvalue weighted by Gasteiger charge is -2.37. The highest BCUT2D eigenvalue weighted by Crippen LogP contribution is 2.39. The third-order valence-corrected chi connectivity index (χ3v) is 6.51. The molecule has 2 nitrogen and oxygen atoms in total. The zero-order valence-electron chi connectivity index (χ0n) is 17.3. The van der Waals surface area contributed by atoms with Crippen molar-refractivity contribution in [1.82, 2.24) is 0 Å². The Bertz CT molecular complexity index is 1310. The maximum Gasteiger partial charge on any atom is 0.331 e. The van der Waals surface area contributed by atoms with Gasteiger partial charge in [0.2, 0.25) is 0 Å². The second kappa shape index (κ2) is 6.19. The largest absolute Gasteiger partial charge is 0.427 e. The smallest absolute Gasteiger partial charge is 0.331 e. The average Bonchev–Trinajstić information content (AvgIpc) is 2.69.